The number of benzene rings is 3. The summed E-state index contributed by atoms with van der Waals surface area (Å²) < 4.78 is 24.2. The third-order valence-electron chi connectivity index (χ3n) is 15.9. The van der Waals surface area contributed by atoms with Crippen LogP contribution in [0.25, 0.3) is 12.2 Å². The van der Waals surface area contributed by atoms with Gasteiger partial charge >= 0.3 is 30.2 Å². The molecule has 117 heavy (non-hydrogen) atoms. The van der Waals surface area contributed by atoms with Gasteiger partial charge in [-0.15, -0.1) is 17.0 Å². The summed E-state index contributed by atoms with van der Waals surface area (Å²) in [4.78, 5) is 146. The van der Waals surface area contributed by atoms with Crippen LogP contribution >= 0.6 is 96.6 Å². The minimum absolute atomic E-state index is 0. The van der Waals surface area contributed by atoms with Crippen molar-refractivity contribution >= 4 is 203 Å². The molecule has 7 amide bonds. The Bertz CT molecular complexity index is 4880. The zero-order valence-electron chi connectivity index (χ0n) is 62.6. The van der Waals surface area contributed by atoms with Crippen molar-refractivity contribution in [1.29, 1.82) is 0 Å². The van der Waals surface area contributed by atoms with Gasteiger partial charge < -0.3 is 67.4 Å². The molecule has 13 rings (SSSR count). The van der Waals surface area contributed by atoms with E-state index in [1.54, 1.807) is 56.1 Å². The number of nitrogens with one attached hydrogen (secondary N) is 6. The van der Waals surface area contributed by atoms with Crippen LogP contribution in [-0.4, -0.2) is 149 Å². The lowest BCUT2D eigenvalue weighted by Gasteiger charge is -2.19. The van der Waals surface area contributed by atoms with Gasteiger partial charge in [-0.3, -0.25) is 43.5 Å². The Labute approximate surface area is 724 Å². The van der Waals surface area contributed by atoms with Crippen LogP contribution in [0.2, 0.25) is 0 Å². The predicted molar refractivity (Wildman–Crippen MR) is 460 cm³/mol. The summed E-state index contributed by atoms with van der Waals surface area (Å²) in [5.74, 6) is 0.400. The number of carboxylic acid groups (broad SMARTS) is 1. The van der Waals surface area contributed by atoms with Gasteiger partial charge in [0.05, 0.1) is 39.3 Å². The molecule has 0 atom stereocenters. The third-order valence-corrected chi connectivity index (χ3v) is 18.2. The molecule has 0 spiro atoms. The Kier molecular flexibility index (Phi) is 38.4. The Morgan fingerprint density at radius 1 is 0.479 bits per heavy atom. The second kappa shape index (κ2) is 48.3. The Hall–Kier alpha value is -11.3. The number of allylic oxidation sites excluding steroid dienone is 1. The van der Waals surface area contributed by atoms with E-state index in [4.69, 9.17) is 35.5 Å². The predicted octanol–water partition coefficient (Wildman–Crippen LogP) is 12.8. The van der Waals surface area contributed by atoms with Gasteiger partial charge in [0.2, 0.25) is 23.6 Å². The van der Waals surface area contributed by atoms with E-state index in [0.717, 1.165) is 68.2 Å². The number of ether oxygens (including phenoxy) is 4. The van der Waals surface area contributed by atoms with E-state index in [1.165, 1.54) is 40.0 Å². The average Bonchev–Trinajstić information content (AvgIpc) is 1.74. The number of ketones is 1. The number of aliphatic carboxylic acids is 1. The Morgan fingerprint density at radius 2 is 0.846 bits per heavy atom. The number of carbonyl (C=O) groups is 10. The number of alkyl halides is 1. The van der Waals surface area contributed by atoms with Crippen molar-refractivity contribution in [3.05, 3.63) is 256 Å². The van der Waals surface area contributed by atoms with E-state index in [1.807, 2.05) is 115 Å². The fourth-order valence-corrected chi connectivity index (χ4v) is 12.4. The number of carbonyl (C=O) groups excluding carboxylic acids is 9. The first-order valence-electron chi connectivity index (χ1n) is 35.1. The van der Waals surface area contributed by atoms with E-state index in [-0.39, 0.29) is 118 Å². The van der Waals surface area contributed by atoms with Crippen LogP contribution in [-0.2, 0) is 110 Å². The number of fused-ring (bicyclic) bond motifs is 4. The molecule has 3 aromatic carbocycles. The van der Waals surface area contributed by atoms with Gasteiger partial charge in [-0.1, -0.05) is 107 Å². The summed E-state index contributed by atoms with van der Waals surface area (Å²) in [6.07, 6.45) is 13.3. The highest BCUT2D eigenvalue weighted by Crippen LogP contribution is 2.27. The summed E-state index contributed by atoms with van der Waals surface area (Å²) >= 11 is 16.6. The van der Waals surface area contributed by atoms with Crippen molar-refractivity contribution in [3.8, 4) is 0 Å². The van der Waals surface area contributed by atoms with Crippen molar-refractivity contribution in [1.82, 2.24) is 55.2 Å². The molecule has 0 unspecified atom stereocenters. The number of amides is 7. The number of halogens is 6. The zero-order chi connectivity index (χ0) is 83.5. The SMILES string of the molecule is Br.CC(=O)/C=C/c1cnc2c(c1)CN(C(=O)OCc1ccccc1)CC(=O)N2.CCOC(=O)CNCc1cc(Br)cnc1N.Nc1ncc(Br)cc1CBr.O=C(O)/C=C/c1cnc2c(c1)CN(C(=O)OCc1ccccc1)CC(=O)N2.O=C1CN(C(=O)OCc2ccccc2)Cc2cc(Br)cnc2N1.O=C1CNCc2cc(Br)cnc2N1. The summed E-state index contributed by atoms with van der Waals surface area (Å²) in [5, 5.41) is 26.1. The minimum Gasteiger partial charge on any atom is -0.478 e. The molecule has 0 aliphatic carbocycles. The quantitative estimate of drug-likeness (QED) is 0.0188. The Balaban J connectivity index is 0.000000199. The van der Waals surface area contributed by atoms with Crippen molar-refractivity contribution in [3.63, 3.8) is 0 Å². The first-order valence-corrected chi connectivity index (χ1v) is 39.4. The molecule has 11 N–H and O–H groups in total. The van der Waals surface area contributed by atoms with E-state index in [9.17, 15) is 47.9 Å². The van der Waals surface area contributed by atoms with Crippen LogP contribution in [0.15, 0.2) is 195 Å². The molecule has 6 aromatic heterocycles. The number of esters is 1. The fourth-order valence-electron chi connectivity index (χ4n) is 10.4. The second-order valence-corrected chi connectivity index (χ2v) is 29.1. The number of pyridine rings is 6. The molecule has 612 valence electrons. The smallest absolute Gasteiger partial charge is 0.410 e. The Morgan fingerprint density at radius 3 is 1.26 bits per heavy atom. The van der Waals surface area contributed by atoms with E-state index >= 15 is 0 Å². The second-order valence-electron chi connectivity index (χ2n) is 24.9. The molecule has 4 aliphatic rings. The number of anilines is 6. The van der Waals surface area contributed by atoms with Crippen LogP contribution in [0.1, 0.15) is 75.0 Å². The molecule has 38 heteroatoms. The lowest BCUT2D eigenvalue weighted by atomic mass is 10.1. The van der Waals surface area contributed by atoms with Crippen LogP contribution < -0.4 is 43.4 Å². The zero-order valence-corrected chi connectivity index (χ0v) is 72.3. The van der Waals surface area contributed by atoms with Gasteiger partial charge in [0, 0.05) is 113 Å². The number of nitrogen functional groups attached to an aromatic ring is 2. The van der Waals surface area contributed by atoms with Crippen molar-refractivity contribution in [2.75, 3.05) is 72.1 Å². The van der Waals surface area contributed by atoms with Crippen molar-refractivity contribution in [2.24, 2.45) is 0 Å². The lowest BCUT2D eigenvalue weighted by molar-refractivity contribution is -0.142. The molecule has 4 aliphatic heterocycles. The summed E-state index contributed by atoms with van der Waals surface area (Å²) in [5.41, 5.74) is 19.9. The molecular formula is C79H79Br6N17O15. The molecule has 0 saturated carbocycles. The highest BCUT2D eigenvalue weighted by atomic mass is 79.9. The number of rotatable bonds is 16. The van der Waals surface area contributed by atoms with Crippen LogP contribution in [0, 0.1) is 0 Å². The van der Waals surface area contributed by atoms with Crippen molar-refractivity contribution in [2.45, 2.75) is 71.7 Å². The summed E-state index contributed by atoms with van der Waals surface area (Å²) in [6.45, 7) is 5.87. The molecule has 9 aromatic rings. The maximum absolute atomic E-state index is 12.4. The number of carboxylic acids is 1. The molecule has 0 fully saturated rings. The maximum Gasteiger partial charge on any atom is 0.410 e. The summed E-state index contributed by atoms with van der Waals surface area (Å²) in [7, 11) is 0. The third kappa shape index (κ3) is 32.4. The standard InChI is InChI=1S/C20H19N3O4.C19H17N3O5.C16H14BrN3O3.C10H14BrN3O2.C8H8BrN3O.C6H6Br2N2.BrH/c1-14(24)7-8-16-9-17-11-23(12-18(25)22-19(17)21-10-16)20(26)27-13-15-5-3-2-4-6-15;23-16-11-22(19(26)27-12-13-4-2-1-3-5-13)10-15-8-14(6-7-17(24)25)9-20-18(15)21-16;17-13-6-12-8-20(9-14(21)19-15(12)18-7-13)16(22)23-10-11-4-2-1-3-5-11;1-2-16-9(15)6-13-4-7-3-8(11)5-14-10(7)12;9-6-1-5-2-10-4-7(13)12-8(5)11-3-6;7-2-4-1-5(8)3-10-6(4)9;/h2-10H,11-13H2,1H3,(H,21,22,25);1-9H,10-12H2,(H,24,25)(H,20,21,23);1-7H,8-10H2,(H,18,19,21);3,5,13H,2,4,6H2,1H3,(H2,12,14);1,3,10H,2,4H2,(H,11,12,13);1,3H,2H2,(H2,9,10);1H/b8-7+;7-6+;;;;;. The molecule has 10 heterocycles. The molecule has 0 saturated heterocycles. The van der Waals surface area contributed by atoms with Gasteiger partial charge in [-0.05, 0) is 160 Å². The van der Waals surface area contributed by atoms with Gasteiger partial charge in [0.15, 0.2) is 5.78 Å². The summed E-state index contributed by atoms with van der Waals surface area (Å²) in [6, 6.07) is 39.0. The topological polar surface area (TPSA) is 439 Å². The highest BCUT2D eigenvalue weighted by Gasteiger charge is 2.29. The number of nitrogens with two attached hydrogens (primary N) is 2. The van der Waals surface area contributed by atoms with Gasteiger partial charge in [0.1, 0.15) is 74.4 Å². The van der Waals surface area contributed by atoms with Crippen LogP contribution in [0.3, 0.4) is 0 Å². The molecule has 32 nitrogen and oxygen atoms in total. The van der Waals surface area contributed by atoms with E-state index in [2.05, 4.69) is 141 Å². The van der Waals surface area contributed by atoms with E-state index in [0.29, 0.717) is 83.4 Å². The van der Waals surface area contributed by atoms with Crippen molar-refractivity contribution < 1.29 is 72.0 Å². The van der Waals surface area contributed by atoms with Gasteiger partial charge in [-0.2, -0.15) is 0 Å². The van der Waals surface area contributed by atoms with Gasteiger partial charge in [-0.25, -0.2) is 49.1 Å². The molecule has 0 bridgehead atoms. The van der Waals surface area contributed by atoms with Crippen LogP contribution in [0.5, 0.6) is 0 Å². The average molecular weight is 1990 g/mol. The minimum atomic E-state index is -1.08. The number of hydrogen-bond acceptors (Lipinski definition) is 24. The molecular weight excluding hydrogens is 1910 g/mol. The molecule has 0 radical (unpaired) electrons. The number of hydrogen-bond donors (Lipinski definition) is 9. The highest BCUT2D eigenvalue weighted by molar-refractivity contribution is 9.11. The first kappa shape index (κ1) is 92.9. The number of nitrogens with zero attached hydrogens (tertiary/aromatic N) is 9. The first-order chi connectivity index (χ1) is 55.8. The largest absolute Gasteiger partial charge is 0.478 e. The normalized spacial score (nSPS) is 13.0. The lowest BCUT2D eigenvalue weighted by Crippen LogP contribution is -2.35. The number of aromatic nitrogens is 6. The fraction of sp³-hybridized carbons (Fsp3) is 0.215. The monoisotopic (exact) mass is 1980 g/mol. The van der Waals surface area contributed by atoms with E-state index < -0.39 is 24.2 Å². The maximum atomic E-state index is 12.4. The van der Waals surface area contributed by atoms with Crippen LogP contribution in [0.4, 0.5) is 49.3 Å². The van der Waals surface area contributed by atoms with Gasteiger partial charge in [0.25, 0.3) is 0 Å².